The van der Waals surface area contributed by atoms with Crippen LogP contribution in [-0.2, 0) is 13.0 Å². The number of amides is 1. The molecule has 1 saturated heterocycles. The maximum absolute atomic E-state index is 12.7. The smallest absolute Gasteiger partial charge is 0.274 e. The quantitative estimate of drug-likeness (QED) is 0.874. The zero-order chi connectivity index (χ0) is 13.4. The molecule has 0 saturated carbocycles. The molecule has 0 spiro atoms. The molecule has 2 N–H and O–H groups in total. The second-order valence-corrected chi connectivity index (χ2v) is 5.91. The van der Waals surface area contributed by atoms with Gasteiger partial charge < -0.3 is 10.2 Å². The summed E-state index contributed by atoms with van der Waals surface area (Å²) in [4.78, 5) is 14.7. The number of fused-ring (bicyclic) bond motifs is 1. The molecule has 3 heterocycles. The zero-order valence-electron chi connectivity index (χ0n) is 12.1. The van der Waals surface area contributed by atoms with E-state index < -0.39 is 0 Å². The first-order chi connectivity index (χ1) is 9.18. The molecule has 112 valence electrons. The molecule has 1 fully saturated rings. The number of rotatable bonds is 2. The van der Waals surface area contributed by atoms with Gasteiger partial charge in [0.1, 0.15) is 0 Å². The van der Waals surface area contributed by atoms with Crippen molar-refractivity contribution in [1.29, 1.82) is 0 Å². The maximum atomic E-state index is 12.7. The lowest BCUT2D eigenvalue weighted by Gasteiger charge is -2.27. The van der Waals surface area contributed by atoms with E-state index in [0.29, 0.717) is 17.7 Å². The Balaban J connectivity index is 0.00000147. The standard InChI is InChI=1S/C14H22N4O.ClH/c1-9(2)12-4-3-7-18(12)14(19)13-10-8-15-6-5-11(10)16-17-13;/h9,12,15H,3-8H2,1-2H3,(H,16,17);1H. The van der Waals surface area contributed by atoms with Gasteiger partial charge in [0.05, 0.1) is 0 Å². The molecule has 0 aromatic carbocycles. The number of carbonyl (C=O) groups is 1. The Morgan fingerprint density at radius 2 is 2.25 bits per heavy atom. The van der Waals surface area contributed by atoms with Gasteiger partial charge in [-0.3, -0.25) is 9.89 Å². The van der Waals surface area contributed by atoms with Crippen LogP contribution in [-0.4, -0.2) is 40.1 Å². The van der Waals surface area contributed by atoms with E-state index in [2.05, 4.69) is 29.4 Å². The van der Waals surface area contributed by atoms with E-state index in [1.54, 1.807) is 0 Å². The van der Waals surface area contributed by atoms with Crippen molar-refractivity contribution >= 4 is 18.3 Å². The van der Waals surface area contributed by atoms with Gasteiger partial charge >= 0.3 is 0 Å². The minimum atomic E-state index is 0. The molecule has 6 heteroatoms. The van der Waals surface area contributed by atoms with Crippen LogP contribution in [0, 0.1) is 5.92 Å². The minimum Gasteiger partial charge on any atom is -0.334 e. The first-order valence-electron chi connectivity index (χ1n) is 7.26. The Bertz CT molecular complexity index is 486. The van der Waals surface area contributed by atoms with Gasteiger partial charge in [-0.1, -0.05) is 13.8 Å². The van der Waals surface area contributed by atoms with E-state index >= 15 is 0 Å². The summed E-state index contributed by atoms with van der Waals surface area (Å²) >= 11 is 0. The third-order valence-electron chi connectivity index (χ3n) is 4.34. The topological polar surface area (TPSA) is 61.0 Å². The van der Waals surface area contributed by atoms with Crippen molar-refractivity contribution in [1.82, 2.24) is 20.4 Å². The van der Waals surface area contributed by atoms with Gasteiger partial charge in [-0.2, -0.15) is 5.10 Å². The van der Waals surface area contributed by atoms with Crippen LogP contribution in [0.3, 0.4) is 0 Å². The fourth-order valence-electron chi connectivity index (χ4n) is 3.28. The Hall–Kier alpha value is -1.07. The van der Waals surface area contributed by atoms with Crippen molar-refractivity contribution in [3.63, 3.8) is 0 Å². The minimum absolute atomic E-state index is 0. The van der Waals surface area contributed by atoms with Crippen LogP contribution < -0.4 is 5.32 Å². The second kappa shape index (κ2) is 6.14. The highest BCUT2D eigenvalue weighted by atomic mass is 35.5. The summed E-state index contributed by atoms with van der Waals surface area (Å²) in [5.74, 6) is 0.622. The van der Waals surface area contributed by atoms with E-state index in [4.69, 9.17) is 0 Å². The lowest BCUT2D eigenvalue weighted by molar-refractivity contribution is 0.0694. The molecule has 1 aromatic rings. The van der Waals surface area contributed by atoms with Gasteiger partial charge in [-0.05, 0) is 18.8 Å². The van der Waals surface area contributed by atoms with Crippen molar-refractivity contribution in [3.8, 4) is 0 Å². The molecule has 1 atom stereocenters. The number of aromatic amines is 1. The predicted molar refractivity (Wildman–Crippen MR) is 80.1 cm³/mol. The van der Waals surface area contributed by atoms with Gasteiger partial charge in [0, 0.05) is 43.4 Å². The molecule has 0 radical (unpaired) electrons. The van der Waals surface area contributed by atoms with Crippen molar-refractivity contribution in [3.05, 3.63) is 17.0 Å². The number of hydrogen-bond acceptors (Lipinski definition) is 3. The molecule has 0 bridgehead atoms. The van der Waals surface area contributed by atoms with E-state index in [0.717, 1.165) is 50.2 Å². The Morgan fingerprint density at radius 1 is 1.45 bits per heavy atom. The summed E-state index contributed by atoms with van der Waals surface area (Å²) in [7, 11) is 0. The fraction of sp³-hybridized carbons (Fsp3) is 0.714. The Kier molecular flexibility index (Phi) is 4.70. The number of carbonyl (C=O) groups excluding carboxylic acids is 1. The van der Waals surface area contributed by atoms with Crippen LogP contribution in [0.1, 0.15) is 48.4 Å². The van der Waals surface area contributed by atoms with Gasteiger partial charge in [-0.25, -0.2) is 0 Å². The summed E-state index contributed by atoms with van der Waals surface area (Å²) in [5.41, 5.74) is 2.84. The molecular formula is C14H23ClN4O. The molecule has 3 rings (SSSR count). The number of halogens is 1. The molecule has 1 unspecified atom stereocenters. The van der Waals surface area contributed by atoms with Crippen molar-refractivity contribution in [2.24, 2.45) is 5.92 Å². The summed E-state index contributed by atoms with van der Waals surface area (Å²) < 4.78 is 0. The Labute approximate surface area is 125 Å². The van der Waals surface area contributed by atoms with Crippen LogP contribution in [0.25, 0.3) is 0 Å². The van der Waals surface area contributed by atoms with E-state index in [1.165, 1.54) is 0 Å². The summed E-state index contributed by atoms with van der Waals surface area (Å²) in [5, 5.41) is 10.6. The maximum Gasteiger partial charge on any atom is 0.274 e. The van der Waals surface area contributed by atoms with E-state index in [1.807, 2.05) is 4.90 Å². The SMILES string of the molecule is CC(C)C1CCCN1C(=O)c1n[nH]c2c1CNCC2.Cl. The summed E-state index contributed by atoms with van der Waals surface area (Å²) in [6.45, 7) is 6.97. The number of nitrogens with zero attached hydrogens (tertiary/aromatic N) is 2. The van der Waals surface area contributed by atoms with Crippen LogP contribution in [0.15, 0.2) is 0 Å². The Morgan fingerprint density at radius 3 is 3.00 bits per heavy atom. The van der Waals surface area contributed by atoms with Crippen molar-refractivity contribution in [2.75, 3.05) is 13.1 Å². The number of nitrogens with one attached hydrogen (secondary N) is 2. The second-order valence-electron chi connectivity index (χ2n) is 5.91. The van der Waals surface area contributed by atoms with Crippen LogP contribution in [0.4, 0.5) is 0 Å². The highest BCUT2D eigenvalue weighted by Crippen LogP contribution is 2.27. The number of likely N-dealkylation sites (tertiary alicyclic amines) is 1. The molecule has 2 aliphatic rings. The average molecular weight is 299 g/mol. The molecular weight excluding hydrogens is 276 g/mol. The van der Waals surface area contributed by atoms with Gasteiger partial charge in [-0.15, -0.1) is 12.4 Å². The van der Waals surface area contributed by atoms with Crippen LogP contribution in [0.5, 0.6) is 0 Å². The highest BCUT2D eigenvalue weighted by molar-refractivity contribution is 5.94. The lowest BCUT2D eigenvalue weighted by Crippen LogP contribution is -2.39. The third kappa shape index (κ3) is 2.56. The van der Waals surface area contributed by atoms with Gasteiger partial charge in [0.15, 0.2) is 5.69 Å². The fourth-order valence-corrected chi connectivity index (χ4v) is 3.28. The molecule has 20 heavy (non-hydrogen) atoms. The van der Waals surface area contributed by atoms with Crippen LogP contribution >= 0.6 is 12.4 Å². The first kappa shape index (κ1) is 15.3. The highest BCUT2D eigenvalue weighted by Gasteiger charge is 2.34. The molecule has 5 nitrogen and oxygen atoms in total. The predicted octanol–water partition coefficient (Wildman–Crippen LogP) is 1.74. The summed E-state index contributed by atoms with van der Waals surface area (Å²) in [6, 6.07) is 0.372. The number of hydrogen-bond donors (Lipinski definition) is 2. The molecule has 0 aliphatic carbocycles. The monoisotopic (exact) mass is 298 g/mol. The molecule has 1 amide bonds. The molecule has 1 aromatic heterocycles. The first-order valence-corrected chi connectivity index (χ1v) is 7.26. The average Bonchev–Trinajstić information content (AvgIpc) is 3.05. The summed E-state index contributed by atoms with van der Waals surface area (Å²) in [6.07, 6.45) is 3.16. The number of H-pyrrole nitrogens is 1. The lowest BCUT2D eigenvalue weighted by atomic mass is 10.0. The third-order valence-corrected chi connectivity index (χ3v) is 4.34. The van der Waals surface area contributed by atoms with Gasteiger partial charge in [0.25, 0.3) is 5.91 Å². The normalized spacial score (nSPS) is 21.8. The van der Waals surface area contributed by atoms with E-state index in [9.17, 15) is 4.79 Å². The van der Waals surface area contributed by atoms with Gasteiger partial charge in [0.2, 0.25) is 0 Å². The van der Waals surface area contributed by atoms with Crippen molar-refractivity contribution in [2.45, 2.75) is 45.7 Å². The van der Waals surface area contributed by atoms with Crippen molar-refractivity contribution < 1.29 is 4.79 Å². The zero-order valence-corrected chi connectivity index (χ0v) is 12.9. The van der Waals surface area contributed by atoms with Crippen LogP contribution in [0.2, 0.25) is 0 Å². The molecule has 2 aliphatic heterocycles. The van der Waals surface area contributed by atoms with E-state index in [-0.39, 0.29) is 18.3 Å². The number of aromatic nitrogens is 2. The largest absolute Gasteiger partial charge is 0.334 e.